The molecule has 1 aliphatic rings. The molecule has 1 N–H and O–H groups in total. The summed E-state index contributed by atoms with van der Waals surface area (Å²) in [5.74, 6) is -0.124. The number of nitrogens with zero attached hydrogens (tertiary/aromatic N) is 2. The topological polar surface area (TPSA) is 58.1 Å². The molecule has 1 aliphatic heterocycles. The summed E-state index contributed by atoms with van der Waals surface area (Å²) in [5, 5.41) is 0. The van der Waals surface area contributed by atoms with Gasteiger partial charge in [-0.15, -0.1) is 0 Å². The molecule has 0 aliphatic carbocycles. The van der Waals surface area contributed by atoms with Gasteiger partial charge in [0.25, 0.3) is 0 Å². The number of para-hydroxylation sites is 1. The number of aromatic nitrogens is 2. The summed E-state index contributed by atoms with van der Waals surface area (Å²) >= 11 is 3.50. The van der Waals surface area contributed by atoms with E-state index in [9.17, 15) is 22.8 Å². The number of rotatable bonds is 3. The Morgan fingerprint density at radius 1 is 1.10 bits per heavy atom. The van der Waals surface area contributed by atoms with Gasteiger partial charge < -0.3 is 9.88 Å². The predicted molar refractivity (Wildman–Crippen MR) is 110 cm³/mol. The lowest BCUT2D eigenvalue weighted by Gasteiger charge is -2.32. The van der Waals surface area contributed by atoms with E-state index in [-0.39, 0.29) is 24.1 Å². The van der Waals surface area contributed by atoms with Gasteiger partial charge in [-0.1, -0.05) is 18.2 Å². The van der Waals surface area contributed by atoms with E-state index in [0.29, 0.717) is 31.5 Å². The van der Waals surface area contributed by atoms with Gasteiger partial charge in [0.05, 0.1) is 23.0 Å². The second-order valence-corrected chi connectivity index (χ2v) is 8.27. The molecule has 0 radical (unpaired) electrons. The summed E-state index contributed by atoms with van der Waals surface area (Å²) in [4.78, 5) is 29.6. The third-order valence-corrected chi connectivity index (χ3v) is 6.15. The zero-order chi connectivity index (χ0) is 21.5. The van der Waals surface area contributed by atoms with Gasteiger partial charge in [-0.25, -0.2) is 4.79 Å². The number of hydrogen-bond acceptors (Lipinski definition) is 2. The van der Waals surface area contributed by atoms with E-state index in [0.717, 1.165) is 27.6 Å². The summed E-state index contributed by atoms with van der Waals surface area (Å²) in [6, 6.07) is 10.2. The van der Waals surface area contributed by atoms with Crippen LogP contribution in [0.4, 0.5) is 13.2 Å². The van der Waals surface area contributed by atoms with Crippen LogP contribution >= 0.6 is 15.9 Å². The highest BCUT2D eigenvalue weighted by Gasteiger charge is 2.30. The number of halogens is 4. The second kappa shape index (κ2) is 7.94. The normalized spacial score (nSPS) is 15.7. The van der Waals surface area contributed by atoms with Gasteiger partial charge in [0.1, 0.15) is 0 Å². The molecule has 9 heteroatoms. The Balaban J connectivity index is 1.42. The number of alkyl halides is 3. The fourth-order valence-electron chi connectivity index (χ4n) is 3.96. The van der Waals surface area contributed by atoms with E-state index in [2.05, 4.69) is 20.9 Å². The highest BCUT2D eigenvalue weighted by Crippen LogP contribution is 2.30. The molecule has 1 fully saturated rings. The molecule has 1 saturated heterocycles. The number of nitrogens with one attached hydrogen (secondary N) is 1. The molecule has 1 amide bonds. The number of aromatic amines is 1. The molecule has 0 unspecified atom stereocenters. The van der Waals surface area contributed by atoms with Crippen LogP contribution < -0.4 is 5.69 Å². The molecule has 3 aromatic rings. The molecule has 0 saturated carbocycles. The number of imidazole rings is 1. The number of benzene rings is 2. The zero-order valence-corrected chi connectivity index (χ0v) is 17.5. The van der Waals surface area contributed by atoms with Crippen molar-refractivity contribution in [3.63, 3.8) is 0 Å². The van der Waals surface area contributed by atoms with Crippen LogP contribution in [0, 0.1) is 0 Å². The molecule has 0 atom stereocenters. The van der Waals surface area contributed by atoms with Crippen LogP contribution in [0.2, 0.25) is 0 Å². The average molecular weight is 482 g/mol. The van der Waals surface area contributed by atoms with E-state index < -0.39 is 11.7 Å². The molecule has 0 bridgehead atoms. The number of amides is 1. The van der Waals surface area contributed by atoms with Crippen LogP contribution in [0.15, 0.2) is 51.7 Å². The maximum Gasteiger partial charge on any atom is 0.416 e. The number of carbonyl (C=O) groups excluding carboxylic acids is 1. The van der Waals surface area contributed by atoms with Crippen molar-refractivity contribution in [2.24, 2.45) is 0 Å². The van der Waals surface area contributed by atoms with Gasteiger partial charge in [0, 0.05) is 23.6 Å². The first-order chi connectivity index (χ1) is 14.2. The first-order valence-corrected chi connectivity index (χ1v) is 10.4. The third kappa shape index (κ3) is 4.03. The number of hydrogen-bond donors (Lipinski definition) is 1. The lowest BCUT2D eigenvalue weighted by Crippen LogP contribution is -2.41. The molecule has 2 heterocycles. The Morgan fingerprint density at radius 2 is 1.77 bits per heavy atom. The molecule has 30 heavy (non-hydrogen) atoms. The van der Waals surface area contributed by atoms with Crippen molar-refractivity contribution in [2.75, 3.05) is 13.1 Å². The van der Waals surface area contributed by atoms with Crippen LogP contribution in [0.5, 0.6) is 0 Å². The van der Waals surface area contributed by atoms with Crippen molar-refractivity contribution in [2.45, 2.75) is 31.5 Å². The highest BCUT2D eigenvalue weighted by molar-refractivity contribution is 9.10. The molecular formula is C21H19BrF3N3O2. The van der Waals surface area contributed by atoms with E-state index in [1.807, 2.05) is 18.2 Å². The number of likely N-dealkylation sites (tertiary alicyclic amines) is 1. The fourth-order valence-corrected chi connectivity index (χ4v) is 4.52. The lowest BCUT2D eigenvalue weighted by atomic mass is 10.0. The van der Waals surface area contributed by atoms with Gasteiger partial charge >= 0.3 is 11.9 Å². The van der Waals surface area contributed by atoms with Crippen LogP contribution in [-0.4, -0.2) is 33.4 Å². The van der Waals surface area contributed by atoms with Gasteiger partial charge in [-0.05, 0) is 58.6 Å². The van der Waals surface area contributed by atoms with E-state index >= 15 is 0 Å². The maximum atomic E-state index is 12.7. The van der Waals surface area contributed by atoms with Crippen molar-refractivity contribution in [1.29, 1.82) is 0 Å². The SMILES string of the molecule is O=C(Cc1ccc(C(F)(F)F)cc1)N1CCC(n2c(=O)[nH]c3cccc(Br)c32)CC1. The first kappa shape index (κ1) is 20.7. The van der Waals surface area contributed by atoms with Crippen molar-refractivity contribution < 1.29 is 18.0 Å². The Kier molecular flexibility index (Phi) is 5.48. The summed E-state index contributed by atoms with van der Waals surface area (Å²) in [5.41, 5.74) is 1.22. The van der Waals surface area contributed by atoms with Gasteiger partial charge in [-0.2, -0.15) is 13.2 Å². The largest absolute Gasteiger partial charge is 0.416 e. The quantitative estimate of drug-likeness (QED) is 0.597. The molecule has 5 nitrogen and oxygen atoms in total. The number of carbonyl (C=O) groups is 1. The standard InChI is InChI=1S/C21H19BrF3N3O2/c22-16-2-1-3-17-19(16)28(20(30)26-17)15-8-10-27(11-9-15)18(29)12-13-4-6-14(7-5-13)21(23,24)25/h1-7,15H,8-12H2,(H,26,30). The summed E-state index contributed by atoms with van der Waals surface area (Å²) in [6.07, 6.45) is -3.07. The molecule has 0 spiro atoms. The van der Waals surface area contributed by atoms with Crippen molar-refractivity contribution in [1.82, 2.24) is 14.5 Å². The van der Waals surface area contributed by atoms with E-state index in [1.54, 1.807) is 9.47 Å². The van der Waals surface area contributed by atoms with Crippen molar-refractivity contribution >= 4 is 32.9 Å². The minimum atomic E-state index is -4.39. The van der Waals surface area contributed by atoms with E-state index in [1.165, 1.54) is 12.1 Å². The Morgan fingerprint density at radius 3 is 2.40 bits per heavy atom. The van der Waals surface area contributed by atoms with Crippen LogP contribution in [0.1, 0.15) is 30.0 Å². The minimum absolute atomic E-state index is 0.0277. The smallest absolute Gasteiger partial charge is 0.342 e. The Hall–Kier alpha value is -2.55. The maximum absolute atomic E-state index is 12.7. The van der Waals surface area contributed by atoms with E-state index in [4.69, 9.17) is 0 Å². The Labute approximate surface area is 178 Å². The molecule has 4 rings (SSSR count). The van der Waals surface area contributed by atoms with Crippen molar-refractivity contribution in [3.8, 4) is 0 Å². The average Bonchev–Trinajstić information content (AvgIpc) is 3.05. The van der Waals surface area contributed by atoms with Crippen LogP contribution in [-0.2, 0) is 17.4 Å². The summed E-state index contributed by atoms with van der Waals surface area (Å²) in [7, 11) is 0. The van der Waals surface area contributed by atoms with Crippen LogP contribution in [0.3, 0.4) is 0 Å². The van der Waals surface area contributed by atoms with Crippen molar-refractivity contribution in [3.05, 3.63) is 68.5 Å². The second-order valence-electron chi connectivity index (χ2n) is 7.42. The molecule has 1 aromatic heterocycles. The lowest BCUT2D eigenvalue weighted by molar-refractivity contribution is -0.137. The minimum Gasteiger partial charge on any atom is -0.342 e. The molecule has 158 valence electrons. The fraction of sp³-hybridized carbons (Fsp3) is 0.333. The Bertz CT molecular complexity index is 1130. The number of H-pyrrole nitrogens is 1. The van der Waals surface area contributed by atoms with Gasteiger partial charge in [0.2, 0.25) is 5.91 Å². The van der Waals surface area contributed by atoms with Crippen LogP contribution in [0.25, 0.3) is 11.0 Å². The molecular weight excluding hydrogens is 463 g/mol. The summed E-state index contributed by atoms with van der Waals surface area (Å²) < 4.78 is 40.6. The molecule has 2 aromatic carbocycles. The first-order valence-electron chi connectivity index (χ1n) is 9.56. The highest BCUT2D eigenvalue weighted by atomic mass is 79.9. The number of fused-ring (bicyclic) bond motifs is 1. The number of piperidine rings is 1. The summed E-state index contributed by atoms with van der Waals surface area (Å²) in [6.45, 7) is 0.988. The monoisotopic (exact) mass is 481 g/mol. The predicted octanol–water partition coefficient (Wildman–Crippen LogP) is 4.52. The zero-order valence-electron chi connectivity index (χ0n) is 15.9. The van der Waals surface area contributed by atoms with Gasteiger partial charge in [-0.3, -0.25) is 9.36 Å². The third-order valence-electron chi connectivity index (χ3n) is 5.51. The van der Waals surface area contributed by atoms with Gasteiger partial charge in [0.15, 0.2) is 0 Å².